The molecule has 2 aliphatic rings. The number of hydrogen-bond donors (Lipinski definition) is 1. The maximum atomic E-state index is 12.9. The van der Waals surface area contributed by atoms with E-state index in [0.29, 0.717) is 0 Å². The first kappa shape index (κ1) is 26.3. The highest BCUT2D eigenvalue weighted by Crippen LogP contribution is 3.01. The maximum absolute atomic E-state index is 12.9. The lowest BCUT2D eigenvalue weighted by Gasteiger charge is -2.49. The molecule has 0 aromatic heterocycles. The highest BCUT2D eigenvalue weighted by molar-refractivity contribution is 8.46. The standard InChI is InChI=1S/C16H27F5NO7PS/c1-16(2)10-27-30(25,29-14(16)15(24)22-9-8-13(23)26-3)28-11-4-6-12(7-5-11)31(17,18,19,20)21/h11-12,14H,4-10H2,1-3H3,(H,22,24)/t11?,12?,14-,30+/m0/s1. The van der Waals surface area contributed by atoms with Gasteiger partial charge in [-0.15, -0.1) is 0 Å². The predicted molar refractivity (Wildman–Crippen MR) is 102 cm³/mol. The second kappa shape index (κ2) is 8.12. The molecule has 2 rings (SSSR count). The molecule has 0 aromatic rings. The average Bonchev–Trinajstić information content (AvgIpc) is 2.62. The number of carbonyl (C=O) groups is 2. The number of nitrogens with one attached hydrogen (secondary N) is 1. The molecule has 1 N–H and O–H groups in total. The molecule has 15 heteroatoms. The first-order valence-electron chi connectivity index (χ1n) is 9.54. The molecule has 0 unspecified atom stereocenters. The second-order valence-electron chi connectivity index (χ2n) is 8.34. The summed E-state index contributed by atoms with van der Waals surface area (Å²) >= 11 is 0. The van der Waals surface area contributed by atoms with Crippen LogP contribution in [0.15, 0.2) is 0 Å². The van der Waals surface area contributed by atoms with Gasteiger partial charge < -0.3 is 10.1 Å². The lowest BCUT2D eigenvalue weighted by molar-refractivity contribution is -0.143. The van der Waals surface area contributed by atoms with E-state index in [2.05, 4.69) is 10.1 Å². The summed E-state index contributed by atoms with van der Waals surface area (Å²) in [6.07, 6.45) is -5.01. The molecule has 8 nitrogen and oxygen atoms in total. The van der Waals surface area contributed by atoms with Crippen LogP contribution in [-0.4, -0.2) is 49.6 Å². The lowest BCUT2D eigenvalue weighted by Crippen LogP contribution is -2.50. The van der Waals surface area contributed by atoms with Gasteiger partial charge in [-0.05, 0) is 25.7 Å². The van der Waals surface area contributed by atoms with E-state index in [4.69, 9.17) is 13.6 Å². The summed E-state index contributed by atoms with van der Waals surface area (Å²) in [6, 6.07) is 0. The summed E-state index contributed by atoms with van der Waals surface area (Å²) in [5, 5.41) is -0.277. The van der Waals surface area contributed by atoms with Crippen molar-refractivity contribution < 1.29 is 51.9 Å². The molecule has 1 heterocycles. The van der Waals surface area contributed by atoms with Crippen LogP contribution in [-0.2, 0) is 32.5 Å². The largest absolute Gasteiger partial charge is 0.475 e. The van der Waals surface area contributed by atoms with Gasteiger partial charge in [0.25, 0.3) is 10.2 Å². The van der Waals surface area contributed by atoms with Crippen LogP contribution in [0, 0.1) is 5.41 Å². The molecular weight excluding hydrogens is 476 g/mol. The van der Waals surface area contributed by atoms with Crippen molar-refractivity contribution >= 4 is 29.9 Å². The van der Waals surface area contributed by atoms with Gasteiger partial charge in [0.1, 0.15) is 0 Å². The molecule has 0 aromatic carbocycles. The third-order valence-electron chi connectivity index (χ3n) is 5.16. The van der Waals surface area contributed by atoms with Gasteiger partial charge in [-0.3, -0.25) is 23.2 Å². The Kier molecular flexibility index (Phi) is 6.89. The van der Waals surface area contributed by atoms with Crippen molar-refractivity contribution in [2.45, 2.75) is 63.4 Å². The van der Waals surface area contributed by atoms with Gasteiger partial charge in [0.05, 0.1) is 31.5 Å². The highest BCUT2D eigenvalue weighted by atomic mass is 32.5. The van der Waals surface area contributed by atoms with Gasteiger partial charge in [0, 0.05) is 12.0 Å². The van der Waals surface area contributed by atoms with E-state index in [-0.39, 0.29) is 19.6 Å². The number of phosphoric acid groups is 1. The number of rotatable bonds is 7. The van der Waals surface area contributed by atoms with Crippen LogP contribution in [0.5, 0.6) is 0 Å². The molecule has 2 atom stereocenters. The van der Waals surface area contributed by atoms with Gasteiger partial charge in [-0.25, -0.2) is 4.57 Å². The minimum Gasteiger partial charge on any atom is -0.469 e. The summed E-state index contributed by atoms with van der Waals surface area (Å²) in [5.74, 6) is -1.24. The van der Waals surface area contributed by atoms with E-state index in [0.717, 1.165) is 0 Å². The fourth-order valence-corrected chi connectivity index (χ4v) is 6.37. The van der Waals surface area contributed by atoms with Gasteiger partial charge in [-0.1, -0.05) is 33.3 Å². The molecule has 0 radical (unpaired) electrons. The number of esters is 1. The third-order valence-corrected chi connectivity index (χ3v) is 8.36. The zero-order valence-electron chi connectivity index (χ0n) is 17.3. The zero-order valence-corrected chi connectivity index (χ0v) is 19.0. The quantitative estimate of drug-likeness (QED) is 0.301. The van der Waals surface area contributed by atoms with Crippen LogP contribution in [0.3, 0.4) is 0 Å². The van der Waals surface area contributed by atoms with Crippen molar-refractivity contribution in [2.75, 3.05) is 20.3 Å². The molecule has 0 spiro atoms. The SMILES string of the molecule is COC(=O)CCNC(=O)[C@@H]1O[P@@](=O)(OC2CCC(S(F)(F)(F)(F)F)CC2)OCC1(C)C. The van der Waals surface area contributed by atoms with Crippen LogP contribution in [0.25, 0.3) is 0 Å². The summed E-state index contributed by atoms with van der Waals surface area (Å²) < 4.78 is 97.7. The fraction of sp³-hybridized carbons (Fsp3) is 0.875. The number of halogens is 5. The average molecular weight is 503 g/mol. The van der Waals surface area contributed by atoms with Crippen LogP contribution < -0.4 is 5.32 Å². The topological polar surface area (TPSA) is 100 Å². The normalized spacial score (nSPS) is 33.6. The number of carbonyl (C=O) groups excluding carboxylic acids is 2. The van der Waals surface area contributed by atoms with Crippen molar-refractivity contribution in [3.05, 3.63) is 0 Å². The minimum atomic E-state index is -9.61. The molecule has 0 bridgehead atoms. The van der Waals surface area contributed by atoms with E-state index >= 15 is 0 Å². The molecule has 184 valence electrons. The molecule has 31 heavy (non-hydrogen) atoms. The first-order chi connectivity index (χ1) is 13.8. The van der Waals surface area contributed by atoms with E-state index in [1.807, 2.05) is 0 Å². The smallest absolute Gasteiger partial charge is 0.469 e. The summed E-state index contributed by atoms with van der Waals surface area (Å²) in [7, 11) is -12.8. The van der Waals surface area contributed by atoms with Gasteiger partial charge in [0.2, 0.25) is 5.91 Å². The van der Waals surface area contributed by atoms with Crippen molar-refractivity contribution in [1.82, 2.24) is 5.32 Å². The predicted octanol–water partition coefficient (Wildman–Crippen LogP) is 4.84. The third kappa shape index (κ3) is 7.28. The number of ether oxygens (including phenoxy) is 1. The van der Waals surface area contributed by atoms with Gasteiger partial charge in [0.15, 0.2) is 6.10 Å². The van der Waals surface area contributed by atoms with Crippen molar-refractivity contribution in [3.63, 3.8) is 0 Å². The molecule has 2 fully saturated rings. The van der Waals surface area contributed by atoms with E-state index in [9.17, 15) is 33.6 Å². The lowest BCUT2D eigenvalue weighted by atomic mass is 9.87. The first-order valence-corrected chi connectivity index (χ1v) is 13.0. The summed E-state index contributed by atoms with van der Waals surface area (Å²) in [6.45, 7) is 2.91. The number of amides is 1. The van der Waals surface area contributed by atoms with Crippen LogP contribution in [0.2, 0.25) is 0 Å². The Morgan fingerprint density at radius 2 is 1.71 bits per heavy atom. The highest BCUT2D eigenvalue weighted by Gasteiger charge is 2.69. The number of hydrogen-bond acceptors (Lipinski definition) is 7. The number of phosphoric ester groups is 1. The fourth-order valence-electron chi connectivity index (χ4n) is 3.33. The van der Waals surface area contributed by atoms with Crippen molar-refractivity contribution in [1.29, 1.82) is 0 Å². The van der Waals surface area contributed by atoms with E-state index in [1.54, 1.807) is 13.8 Å². The van der Waals surface area contributed by atoms with Crippen molar-refractivity contribution in [2.24, 2.45) is 5.41 Å². The molecule has 1 saturated heterocycles. The Labute approximate surface area is 176 Å². The molecule has 1 aliphatic heterocycles. The van der Waals surface area contributed by atoms with Gasteiger partial charge in [-0.2, -0.15) is 0 Å². The number of methoxy groups -OCH3 is 1. The Bertz CT molecular complexity index is 755. The second-order valence-corrected chi connectivity index (χ2v) is 12.6. The van der Waals surface area contributed by atoms with E-state index in [1.165, 1.54) is 7.11 Å². The van der Waals surface area contributed by atoms with Gasteiger partial charge >= 0.3 is 13.8 Å². The minimum absolute atomic E-state index is 0.0636. The summed E-state index contributed by atoms with van der Waals surface area (Å²) in [5.41, 5.74) is -0.938. The molecular formula is C16H27F5NO7PS. The monoisotopic (exact) mass is 503 g/mol. The Balaban J connectivity index is 1.97. The molecule has 1 amide bonds. The molecule has 1 aliphatic carbocycles. The van der Waals surface area contributed by atoms with Crippen LogP contribution >= 0.6 is 18.0 Å². The zero-order chi connectivity index (χ0) is 23.8. The van der Waals surface area contributed by atoms with Crippen molar-refractivity contribution in [3.8, 4) is 0 Å². The maximum Gasteiger partial charge on any atom is 0.475 e. The Hall–Kier alpha value is -0.950. The van der Waals surface area contributed by atoms with Crippen LogP contribution in [0.1, 0.15) is 46.0 Å². The summed E-state index contributed by atoms with van der Waals surface area (Å²) in [4.78, 5) is 23.6. The Morgan fingerprint density at radius 3 is 2.23 bits per heavy atom. The Morgan fingerprint density at radius 1 is 1.13 bits per heavy atom. The van der Waals surface area contributed by atoms with Crippen LogP contribution in [0.4, 0.5) is 19.4 Å². The van der Waals surface area contributed by atoms with E-state index < -0.39 is 78.5 Å². The molecule has 1 saturated carbocycles.